The van der Waals surface area contributed by atoms with Gasteiger partial charge >= 0.3 is 0 Å². The first-order valence-electron chi connectivity index (χ1n) is 5.83. The highest BCUT2D eigenvalue weighted by Gasteiger charge is 2.13. The molecule has 0 saturated carbocycles. The fourth-order valence-electron chi connectivity index (χ4n) is 1.40. The summed E-state index contributed by atoms with van der Waals surface area (Å²) in [5, 5.41) is 9.34. The molecule has 0 saturated heterocycles. The van der Waals surface area contributed by atoms with Gasteiger partial charge in [-0.2, -0.15) is 0 Å². The molecule has 102 valence electrons. The molecule has 1 atom stereocenters. The predicted molar refractivity (Wildman–Crippen MR) is 68.8 cm³/mol. The van der Waals surface area contributed by atoms with Crippen molar-refractivity contribution < 1.29 is 18.3 Å². The monoisotopic (exact) mass is 273 g/mol. The van der Waals surface area contributed by atoms with E-state index in [1.54, 1.807) is 19.1 Å². The number of aliphatic hydroxyl groups is 1. The Morgan fingerprint density at radius 2 is 1.94 bits per heavy atom. The van der Waals surface area contributed by atoms with Gasteiger partial charge in [0.25, 0.3) is 0 Å². The van der Waals surface area contributed by atoms with Crippen molar-refractivity contribution >= 4 is 10.0 Å². The van der Waals surface area contributed by atoms with Gasteiger partial charge in [-0.25, -0.2) is 13.1 Å². The number of rotatable bonds is 7. The summed E-state index contributed by atoms with van der Waals surface area (Å²) in [7, 11) is -3.49. The second kappa shape index (κ2) is 6.84. The first-order valence-corrected chi connectivity index (χ1v) is 7.31. The average Bonchev–Trinajstić information content (AvgIpc) is 2.35. The van der Waals surface area contributed by atoms with Gasteiger partial charge in [-0.3, -0.25) is 0 Å². The average molecular weight is 273 g/mol. The Balaban J connectivity index is 2.67. The van der Waals surface area contributed by atoms with Gasteiger partial charge < -0.3 is 9.84 Å². The highest BCUT2D eigenvalue weighted by Crippen LogP contribution is 2.15. The third kappa shape index (κ3) is 4.38. The van der Waals surface area contributed by atoms with Crippen molar-refractivity contribution in [2.75, 3.05) is 19.8 Å². The number of benzene rings is 1. The van der Waals surface area contributed by atoms with Crippen molar-refractivity contribution in [3.63, 3.8) is 0 Å². The van der Waals surface area contributed by atoms with E-state index < -0.39 is 16.1 Å². The SMILES string of the molecule is CCOCCNS(=O)(=O)c1ccc(C(C)O)cc1. The third-order valence-electron chi connectivity index (χ3n) is 2.42. The molecule has 1 aromatic carbocycles. The number of hydrogen-bond donors (Lipinski definition) is 2. The molecule has 0 aromatic heterocycles. The second-order valence-electron chi connectivity index (χ2n) is 3.84. The minimum Gasteiger partial charge on any atom is -0.389 e. The van der Waals surface area contributed by atoms with Crippen LogP contribution in [0.2, 0.25) is 0 Å². The van der Waals surface area contributed by atoms with Crippen molar-refractivity contribution in [1.82, 2.24) is 4.72 Å². The maximum atomic E-state index is 11.8. The van der Waals surface area contributed by atoms with Crippen molar-refractivity contribution in [3.8, 4) is 0 Å². The summed E-state index contributed by atoms with van der Waals surface area (Å²) in [6, 6.07) is 6.15. The Morgan fingerprint density at radius 3 is 2.44 bits per heavy atom. The van der Waals surface area contributed by atoms with Crippen molar-refractivity contribution in [1.29, 1.82) is 0 Å². The van der Waals surface area contributed by atoms with E-state index in [9.17, 15) is 13.5 Å². The molecule has 1 aromatic rings. The molecular weight excluding hydrogens is 254 g/mol. The van der Waals surface area contributed by atoms with E-state index in [1.165, 1.54) is 12.1 Å². The van der Waals surface area contributed by atoms with Gasteiger partial charge in [0.2, 0.25) is 10.0 Å². The molecule has 0 amide bonds. The summed E-state index contributed by atoms with van der Waals surface area (Å²) < 4.78 is 31.2. The molecule has 18 heavy (non-hydrogen) atoms. The number of sulfonamides is 1. The molecule has 6 heteroatoms. The minimum absolute atomic E-state index is 0.184. The largest absolute Gasteiger partial charge is 0.389 e. The lowest BCUT2D eigenvalue weighted by molar-refractivity contribution is 0.153. The molecule has 0 aliphatic heterocycles. The van der Waals surface area contributed by atoms with E-state index in [1.807, 2.05) is 6.92 Å². The normalized spacial score (nSPS) is 13.5. The molecule has 0 bridgehead atoms. The van der Waals surface area contributed by atoms with Crippen LogP contribution in [0.3, 0.4) is 0 Å². The highest BCUT2D eigenvalue weighted by atomic mass is 32.2. The van der Waals surface area contributed by atoms with Gasteiger partial charge in [0.15, 0.2) is 0 Å². The highest BCUT2D eigenvalue weighted by molar-refractivity contribution is 7.89. The van der Waals surface area contributed by atoms with E-state index >= 15 is 0 Å². The molecule has 0 fully saturated rings. The van der Waals surface area contributed by atoms with E-state index in [4.69, 9.17) is 4.74 Å². The molecule has 2 N–H and O–H groups in total. The number of hydrogen-bond acceptors (Lipinski definition) is 4. The number of nitrogens with one attached hydrogen (secondary N) is 1. The minimum atomic E-state index is -3.49. The summed E-state index contributed by atoms with van der Waals surface area (Å²) in [6.45, 7) is 4.63. The summed E-state index contributed by atoms with van der Waals surface area (Å²) in [6.07, 6.45) is -0.604. The van der Waals surface area contributed by atoms with Crippen LogP contribution in [-0.4, -0.2) is 33.3 Å². The topological polar surface area (TPSA) is 75.6 Å². The van der Waals surface area contributed by atoms with Gasteiger partial charge in [0.05, 0.1) is 17.6 Å². The molecule has 1 unspecified atom stereocenters. The van der Waals surface area contributed by atoms with Crippen LogP contribution >= 0.6 is 0 Å². The lowest BCUT2D eigenvalue weighted by Crippen LogP contribution is -2.27. The quantitative estimate of drug-likeness (QED) is 0.728. The summed E-state index contributed by atoms with van der Waals surface area (Å²) >= 11 is 0. The molecule has 5 nitrogen and oxygen atoms in total. The Hall–Kier alpha value is -0.950. The molecule has 0 spiro atoms. The zero-order valence-corrected chi connectivity index (χ0v) is 11.4. The fourth-order valence-corrected chi connectivity index (χ4v) is 2.41. The van der Waals surface area contributed by atoms with Crippen LogP contribution in [-0.2, 0) is 14.8 Å². The second-order valence-corrected chi connectivity index (χ2v) is 5.61. The van der Waals surface area contributed by atoms with Crippen LogP contribution in [0.15, 0.2) is 29.2 Å². The zero-order chi connectivity index (χ0) is 13.6. The third-order valence-corrected chi connectivity index (χ3v) is 3.89. The Bertz CT molecular complexity index is 453. The van der Waals surface area contributed by atoms with E-state index in [0.717, 1.165) is 0 Å². The van der Waals surface area contributed by atoms with Crippen LogP contribution in [0, 0.1) is 0 Å². The fraction of sp³-hybridized carbons (Fsp3) is 0.500. The van der Waals surface area contributed by atoms with Gasteiger partial charge in [0, 0.05) is 13.2 Å². The Morgan fingerprint density at radius 1 is 1.33 bits per heavy atom. The first-order chi connectivity index (χ1) is 8.47. The van der Waals surface area contributed by atoms with Gasteiger partial charge in [-0.15, -0.1) is 0 Å². The lowest BCUT2D eigenvalue weighted by Gasteiger charge is -2.08. The van der Waals surface area contributed by atoms with E-state index in [-0.39, 0.29) is 11.4 Å². The summed E-state index contributed by atoms with van der Waals surface area (Å²) in [5.74, 6) is 0. The maximum Gasteiger partial charge on any atom is 0.240 e. The molecule has 0 aliphatic carbocycles. The Labute approximate surface area is 108 Å². The van der Waals surface area contributed by atoms with E-state index in [2.05, 4.69) is 4.72 Å². The first kappa shape index (κ1) is 15.1. The van der Waals surface area contributed by atoms with Crippen LogP contribution in [0.1, 0.15) is 25.5 Å². The maximum absolute atomic E-state index is 11.8. The summed E-state index contributed by atoms with van der Waals surface area (Å²) in [4.78, 5) is 0.184. The van der Waals surface area contributed by atoms with Crippen LogP contribution < -0.4 is 4.72 Å². The Kier molecular flexibility index (Phi) is 5.74. The molecular formula is C12H19NO4S. The van der Waals surface area contributed by atoms with Gasteiger partial charge in [0.1, 0.15) is 0 Å². The summed E-state index contributed by atoms with van der Waals surface area (Å²) in [5.41, 5.74) is 0.684. The smallest absolute Gasteiger partial charge is 0.240 e. The molecule has 0 aliphatic rings. The lowest BCUT2D eigenvalue weighted by atomic mass is 10.1. The number of ether oxygens (including phenoxy) is 1. The van der Waals surface area contributed by atoms with Gasteiger partial charge in [-0.05, 0) is 31.5 Å². The van der Waals surface area contributed by atoms with Crippen LogP contribution in [0.25, 0.3) is 0 Å². The van der Waals surface area contributed by atoms with Crippen molar-refractivity contribution in [2.24, 2.45) is 0 Å². The van der Waals surface area contributed by atoms with Crippen LogP contribution in [0.5, 0.6) is 0 Å². The standard InChI is InChI=1S/C12H19NO4S/c1-3-17-9-8-13-18(15,16)12-6-4-11(5-7-12)10(2)14/h4-7,10,13-14H,3,8-9H2,1-2H3. The number of aliphatic hydroxyl groups excluding tert-OH is 1. The molecule has 0 heterocycles. The van der Waals surface area contributed by atoms with Crippen molar-refractivity contribution in [3.05, 3.63) is 29.8 Å². The van der Waals surface area contributed by atoms with Crippen molar-refractivity contribution in [2.45, 2.75) is 24.8 Å². The molecule has 1 rings (SSSR count). The van der Waals surface area contributed by atoms with Gasteiger partial charge in [-0.1, -0.05) is 12.1 Å². The predicted octanol–water partition coefficient (Wildman–Crippen LogP) is 1.05. The van der Waals surface area contributed by atoms with E-state index in [0.29, 0.717) is 18.8 Å². The van der Waals surface area contributed by atoms with Crippen LogP contribution in [0.4, 0.5) is 0 Å². The molecule has 0 radical (unpaired) electrons. The zero-order valence-electron chi connectivity index (χ0n) is 10.6.